The number of carbonyl (C=O) groups excluding carboxylic acids is 3. The molecule has 0 fully saturated rings. The van der Waals surface area contributed by atoms with Crippen molar-refractivity contribution in [3.63, 3.8) is 0 Å². The highest BCUT2D eigenvalue weighted by Crippen LogP contribution is 2.39. The number of hydrogen-bond acceptors (Lipinski definition) is 7. The van der Waals surface area contributed by atoms with Crippen LogP contribution in [0.3, 0.4) is 0 Å². The van der Waals surface area contributed by atoms with Crippen molar-refractivity contribution in [3.8, 4) is 22.6 Å². The largest absolute Gasteiger partial charge is 0.507 e. The van der Waals surface area contributed by atoms with Crippen molar-refractivity contribution in [2.45, 2.75) is 38.5 Å². The summed E-state index contributed by atoms with van der Waals surface area (Å²) in [4.78, 5) is 52.7. The fraction of sp³-hybridized carbons (Fsp3) is 0.267. The molecule has 0 aromatic heterocycles. The van der Waals surface area contributed by atoms with Crippen LogP contribution in [0.4, 0.5) is 4.79 Å². The van der Waals surface area contributed by atoms with Gasteiger partial charge in [0.25, 0.3) is 0 Å². The normalized spacial score (nSPS) is 19.2. The summed E-state index contributed by atoms with van der Waals surface area (Å²) < 4.78 is 5.44. The molecular formula is C30H30N2O8. The van der Waals surface area contributed by atoms with Crippen LogP contribution in [0, 0.1) is 5.92 Å². The Morgan fingerprint density at radius 1 is 0.950 bits per heavy atom. The van der Waals surface area contributed by atoms with Crippen molar-refractivity contribution in [1.29, 1.82) is 0 Å². The predicted molar refractivity (Wildman–Crippen MR) is 144 cm³/mol. The number of nitrogens with one attached hydrogen (secondary N) is 1. The van der Waals surface area contributed by atoms with Crippen molar-refractivity contribution in [1.82, 2.24) is 10.2 Å². The molecule has 0 aliphatic carbocycles. The van der Waals surface area contributed by atoms with Crippen LogP contribution in [-0.2, 0) is 32.1 Å². The number of phenolic OH excluding ortho intramolecular Hbond substituents is 2. The summed E-state index contributed by atoms with van der Waals surface area (Å²) in [5.41, 5.74) is 1.95. The molecule has 4 N–H and O–H groups in total. The molecule has 0 saturated heterocycles. The van der Waals surface area contributed by atoms with E-state index in [4.69, 9.17) is 4.74 Å². The molecule has 0 unspecified atom stereocenters. The highest BCUT2D eigenvalue weighted by atomic mass is 16.6. The van der Waals surface area contributed by atoms with Gasteiger partial charge in [-0.3, -0.25) is 14.5 Å². The van der Waals surface area contributed by atoms with Gasteiger partial charge < -0.3 is 25.4 Å². The van der Waals surface area contributed by atoms with E-state index in [1.807, 2.05) is 6.07 Å². The number of phenols is 2. The highest BCUT2D eigenvalue weighted by molar-refractivity contribution is 5.94. The van der Waals surface area contributed by atoms with E-state index in [0.29, 0.717) is 11.1 Å². The summed E-state index contributed by atoms with van der Waals surface area (Å²) in [5, 5.41) is 33.5. The molecule has 0 spiro atoms. The van der Waals surface area contributed by atoms with Crippen molar-refractivity contribution >= 4 is 23.8 Å². The molecular weight excluding hydrogens is 516 g/mol. The molecule has 10 nitrogen and oxygen atoms in total. The molecule has 0 saturated carbocycles. The van der Waals surface area contributed by atoms with E-state index in [-0.39, 0.29) is 42.1 Å². The molecule has 4 rings (SSSR count). The van der Waals surface area contributed by atoms with E-state index in [0.717, 1.165) is 10.5 Å². The van der Waals surface area contributed by atoms with Crippen LogP contribution in [-0.4, -0.2) is 57.1 Å². The van der Waals surface area contributed by atoms with Crippen LogP contribution in [0.1, 0.15) is 36.1 Å². The van der Waals surface area contributed by atoms with E-state index in [1.54, 1.807) is 24.3 Å². The number of ether oxygens (including phenoxy) is 1. The average Bonchev–Trinajstić information content (AvgIpc) is 2.93. The lowest BCUT2D eigenvalue weighted by Crippen LogP contribution is -2.45. The van der Waals surface area contributed by atoms with Crippen molar-refractivity contribution < 1.29 is 39.2 Å². The van der Waals surface area contributed by atoms with Gasteiger partial charge in [0, 0.05) is 36.9 Å². The van der Waals surface area contributed by atoms with Crippen LogP contribution in [0.15, 0.2) is 66.7 Å². The fourth-order valence-electron chi connectivity index (χ4n) is 4.67. The lowest BCUT2D eigenvalue weighted by Gasteiger charge is -2.29. The topological polar surface area (TPSA) is 153 Å². The fourth-order valence-corrected chi connectivity index (χ4v) is 4.67. The first-order chi connectivity index (χ1) is 19.0. The number of aromatic hydroxyl groups is 2. The summed E-state index contributed by atoms with van der Waals surface area (Å²) in [6.07, 6.45) is -1.18. The van der Waals surface area contributed by atoms with E-state index >= 15 is 0 Å². The van der Waals surface area contributed by atoms with E-state index in [9.17, 15) is 34.5 Å². The Bertz CT molecular complexity index is 1440. The molecule has 1 heterocycles. The number of ketones is 1. The van der Waals surface area contributed by atoms with Gasteiger partial charge in [-0.2, -0.15) is 0 Å². The number of carboxylic acid groups (broad SMARTS) is 1. The summed E-state index contributed by atoms with van der Waals surface area (Å²) in [6, 6.07) is 15.2. The second-order valence-corrected chi connectivity index (χ2v) is 9.86. The monoisotopic (exact) mass is 546 g/mol. The second kappa shape index (κ2) is 11.9. The third-order valence-electron chi connectivity index (χ3n) is 6.88. The summed E-state index contributed by atoms with van der Waals surface area (Å²) in [6.45, 7) is 1.48. The maximum atomic E-state index is 13.7. The van der Waals surface area contributed by atoms with Crippen LogP contribution < -0.4 is 5.32 Å². The zero-order valence-corrected chi connectivity index (χ0v) is 22.0. The Labute approximate surface area is 230 Å². The number of likely N-dealkylation sites (N-methyl/N-ethyl adjacent to an activating group) is 1. The number of hydrogen-bond donors (Lipinski definition) is 4. The van der Waals surface area contributed by atoms with Gasteiger partial charge in [-0.1, -0.05) is 49.4 Å². The second-order valence-electron chi connectivity index (χ2n) is 9.86. The zero-order valence-electron chi connectivity index (χ0n) is 22.0. The van der Waals surface area contributed by atoms with Crippen LogP contribution in [0.2, 0.25) is 0 Å². The minimum Gasteiger partial charge on any atom is -0.507 e. The van der Waals surface area contributed by atoms with Crippen LogP contribution in [0.5, 0.6) is 11.5 Å². The third-order valence-corrected chi connectivity index (χ3v) is 6.88. The molecule has 208 valence electrons. The van der Waals surface area contributed by atoms with Gasteiger partial charge >= 0.3 is 12.1 Å². The number of amides is 2. The predicted octanol–water partition coefficient (Wildman–Crippen LogP) is 3.80. The number of nitrogens with zero attached hydrogens (tertiary/aromatic N) is 1. The number of benzene rings is 3. The molecule has 1 aliphatic rings. The standard InChI is InChI=1S/C30H30N2O8/c1-17-12-26(35)27(32(2)30(39)40-16-18-6-4-3-5-7-18)20-9-11-25(34)22(15-20)21-13-19(8-10-24(21)33)14-23(29(37)38)31-28(17)36/h3-11,13,15,17,23,27,33-34H,12,14,16H2,1-2H3,(H,31,36)(H,37,38)/t17-,23+,27+/m1/s1. The molecule has 3 aromatic rings. The van der Waals surface area contributed by atoms with Gasteiger partial charge in [-0.25, -0.2) is 9.59 Å². The van der Waals surface area contributed by atoms with E-state index in [2.05, 4.69) is 5.32 Å². The maximum absolute atomic E-state index is 13.7. The smallest absolute Gasteiger partial charge is 0.410 e. The first-order valence-corrected chi connectivity index (χ1v) is 12.7. The summed E-state index contributed by atoms with van der Waals surface area (Å²) in [7, 11) is 1.40. The average molecular weight is 547 g/mol. The quantitative estimate of drug-likeness (QED) is 0.386. The molecule has 40 heavy (non-hydrogen) atoms. The lowest BCUT2D eigenvalue weighted by molar-refractivity contribution is -0.142. The number of Topliss-reactive ketones (excluding diaryl/α,β-unsaturated/α-hetero) is 1. The molecule has 10 heteroatoms. The Kier molecular flexibility index (Phi) is 8.37. The van der Waals surface area contributed by atoms with Crippen LogP contribution in [0.25, 0.3) is 11.1 Å². The Morgan fingerprint density at radius 3 is 2.27 bits per heavy atom. The van der Waals surface area contributed by atoms with E-state index in [1.165, 1.54) is 50.4 Å². The molecule has 1 aliphatic heterocycles. The summed E-state index contributed by atoms with van der Waals surface area (Å²) in [5.74, 6) is -3.68. The minimum absolute atomic E-state index is 0.0260. The minimum atomic E-state index is -1.29. The van der Waals surface area contributed by atoms with E-state index < -0.39 is 41.8 Å². The zero-order chi connectivity index (χ0) is 29.0. The molecule has 2 amide bonds. The van der Waals surface area contributed by atoms with Gasteiger partial charge in [0.05, 0.1) is 0 Å². The molecule has 4 bridgehead atoms. The molecule has 0 radical (unpaired) electrons. The Balaban J connectivity index is 1.78. The maximum Gasteiger partial charge on any atom is 0.410 e. The van der Waals surface area contributed by atoms with Gasteiger partial charge in [0.15, 0.2) is 5.78 Å². The van der Waals surface area contributed by atoms with Gasteiger partial charge in [-0.05, 0) is 41.0 Å². The van der Waals surface area contributed by atoms with Gasteiger partial charge in [0.1, 0.15) is 30.2 Å². The van der Waals surface area contributed by atoms with Crippen molar-refractivity contribution in [3.05, 3.63) is 83.4 Å². The van der Waals surface area contributed by atoms with Crippen molar-refractivity contribution in [2.24, 2.45) is 5.92 Å². The number of rotatable bonds is 4. The first kappa shape index (κ1) is 28.2. The summed E-state index contributed by atoms with van der Waals surface area (Å²) >= 11 is 0. The molecule has 3 aromatic carbocycles. The first-order valence-electron chi connectivity index (χ1n) is 12.7. The Morgan fingerprint density at radius 2 is 1.60 bits per heavy atom. The molecule has 3 atom stereocenters. The highest BCUT2D eigenvalue weighted by Gasteiger charge is 2.33. The SMILES string of the molecule is C[C@@H]1CC(=O)[C@@H](N(C)C(=O)OCc2ccccc2)c2ccc(O)c(c2)-c2cc(ccc2O)C[C@@H](C(=O)O)NC1=O. The third kappa shape index (κ3) is 6.23. The van der Waals surface area contributed by atoms with Gasteiger partial charge in [0.2, 0.25) is 5.91 Å². The number of fused-ring (bicyclic) bond motifs is 5. The van der Waals surface area contributed by atoms with Crippen molar-refractivity contribution in [2.75, 3.05) is 7.05 Å². The lowest BCUT2D eigenvalue weighted by atomic mass is 9.90. The van der Waals surface area contributed by atoms with Gasteiger partial charge in [-0.15, -0.1) is 0 Å². The van der Waals surface area contributed by atoms with Crippen LogP contribution >= 0.6 is 0 Å². The Hall–Kier alpha value is -4.86. The number of carboxylic acids is 1. The number of aliphatic carboxylic acids is 1. The number of carbonyl (C=O) groups is 4.